The van der Waals surface area contributed by atoms with Gasteiger partial charge in [-0.15, -0.1) is 0 Å². The Morgan fingerprint density at radius 1 is 1.39 bits per heavy atom. The number of amides is 2. The summed E-state index contributed by atoms with van der Waals surface area (Å²) in [5.74, 6) is 0.609. The Bertz CT molecular complexity index is 454. The number of carbonyl (C=O) groups is 2. The van der Waals surface area contributed by atoms with Crippen molar-refractivity contribution in [1.29, 1.82) is 0 Å². The second-order valence-electron chi connectivity index (χ2n) is 4.78. The summed E-state index contributed by atoms with van der Waals surface area (Å²) in [4.78, 5) is 26.8. The fourth-order valence-corrected chi connectivity index (χ4v) is 1.84. The van der Waals surface area contributed by atoms with Crippen LogP contribution in [0.5, 0.6) is 0 Å². The molecule has 1 saturated heterocycles. The fourth-order valence-electron chi connectivity index (χ4n) is 1.84. The van der Waals surface area contributed by atoms with Crippen LogP contribution >= 0.6 is 0 Å². The molecule has 5 heteroatoms. The molecule has 96 valence electrons. The van der Waals surface area contributed by atoms with Crippen LogP contribution in [0, 0.1) is 0 Å². The lowest BCUT2D eigenvalue weighted by atomic mass is 10.1. The van der Waals surface area contributed by atoms with Crippen LogP contribution in [0.3, 0.4) is 0 Å². The molecular formula is C13H17N3O2. The quantitative estimate of drug-likeness (QED) is 0.792. The van der Waals surface area contributed by atoms with E-state index in [4.69, 9.17) is 0 Å². The van der Waals surface area contributed by atoms with Crippen LogP contribution < -0.4 is 10.6 Å². The van der Waals surface area contributed by atoms with Gasteiger partial charge in [0.1, 0.15) is 11.9 Å². The highest BCUT2D eigenvalue weighted by atomic mass is 16.2. The summed E-state index contributed by atoms with van der Waals surface area (Å²) >= 11 is 0. The largest absolute Gasteiger partial charge is 0.358 e. The topological polar surface area (TPSA) is 71.1 Å². The van der Waals surface area contributed by atoms with Gasteiger partial charge >= 0.3 is 0 Å². The van der Waals surface area contributed by atoms with Crippen molar-refractivity contribution in [3.8, 4) is 0 Å². The van der Waals surface area contributed by atoms with E-state index in [0.717, 1.165) is 5.56 Å². The van der Waals surface area contributed by atoms with Crippen molar-refractivity contribution in [3.05, 3.63) is 23.9 Å². The Balaban J connectivity index is 2.01. The zero-order chi connectivity index (χ0) is 13.1. The summed E-state index contributed by atoms with van der Waals surface area (Å²) in [6, 6.07) is 3.48. The van der Waals surface area contributed by atoms with Gasteiger partial charge in [-0.3, -0.25) is 14.9 Å². The van der Waals surface area contributed by atoms with Crippen molar-refractivity contribution < 1.29 is 9.59 Å². The number of carbonyl (C=O) groups excluding carboxylic acids is 2. The SMILES string of the molecule is CC(C)c1ccc(NC2CCC(=O)NC2=O)nc1. The molecule has 2 amide bonds. The third kappa shape index (κ3) is 2.85. The number of piperidine rings is 1. The predicted molar refractivity (Wildman–Crippen MR) is 68.1 cm³/mol. The molecule has 1 aliphatic rings. The Labute approximate surface area is 106 Å². The van der Waals surface area contributed by atoms with E-state index in [1.54, 1.807) is 6.20 Å². The number of pyridine rings is 1. The molecule has 0 aromatic carbocycles. The Morgan fingerprint density at radius 3 is 2.72 bits per heavy atom. The van der Waals surface area contributed by atoms with Gasteiger partial charge in [0.2, 0.25) is 11.8 Å². The maximum atomic E-state index is 11.6. The number of aromatic nitrogens is 1. The normalized spacial score (nSPS) is 19.8. The van der Waals surface area contributed by atoms with Crippen LogP contribution in [0.4, 0.5) is 5.82 Å². The van der Waals surface area contributed by atoms with Crippen LogP contribution in [0.15, 0.2) is 18.3 Å². The summed E-state index contributed by atoms with van der Waals surface area (Å²) in [5, 5.41) is 5.35. The van der Waals surface area contributed by atoms with Gasteiger partial charge in [0.05, 0.1) is 0 Å². The summed E-state index contributed by atoms with van der Waals surface area (Å²) < 4.78 is 0. The molecule has 0 bridgehead atoms. The molecule has 2 heterocycles. The molecule has 1 aromatic heterocycles. The van der Waals surface area contributed by atoms with Crippen molar-refractivity contribution in [3.63, 3.8) is 0 Å². The molecule has 2 rings (SSSR count). The van der Waals surface area contributed by atoms with E-state index in [-0.39, 0.29) is 17.9 Å². The van der Waals surface area contributed by atoms with Crippen LogP contribution in [0.25, 0.3) is 0 Å². The minimum Gasteiger partial charge on any atom is -0.358 e. The van der Waals surface area contributed by atoms with Gasteiger partial charge in [-0.25, -0.2) is 4.98 Å². The Kier molecular flexibility index (Phi) is 3.60. The van der Waals surface area contributed by atoms with Crippen molar-refractivity contribution in [1.82, 2.24) is 10.3 Å². The van der Waals surface area contributed by atoms with Crippen LogP contribution in [-0.2, 0) is 9.59 Å². The van der Waals surface area contributed by atoms with E-state index >= 15 is 0 Å². The van der Waals surface area contributed by atoms with Crippen LogP contribution in [0.2, 0.25) is 0 Å². The van der Waals surface area contributed by atoms with Crippen molar-refractivity contribution in [2.45, 2.75) is 38.6 Å². The highest BCUT2D eigenvalue weighted by Crippen LogP contribution is 2.16. The standard InChI is InChI=1S/C13H17N3O2/c1-8(2)9-3-5-11(14-7-9)15-10-4-6-12(17)16-13(10)18/h3,5,7-8,10H,4,6H2,1-2H3,(H,14,15)(H,16,17,18). The smallest absolute Gasteiger partial charge is 0.249 e. The zero-order valence-corrected chi connectivity index (χ0v) is 10.6. The zero-order valence-electron chi connectivity index (χ0n) is 10.6. The van der Waals surface area contributed by atoms with E-state index in [0.29, 0.717) is 24.6 Å². The molecule has 0 saturated carbocycles. The lowest BCUT2D eigenvalue weighted by Gasteiger charge is -2.22. The number of nitrogens with one attached hydrogen (secondary N) is 2. The van der Waals surface area contributed by atoms with E-state index in [1.165, 1.54) is 0 Å². The first-order chi connectivity index (χ1) is 8.56. The molecule has 0 aliphatic carbocycles. The average molecular weight is 247 g/mol. The van der Waals surface area contributed by atoms with Crippen molar-refractivity contribution >= 4 is 17.6 Å². The molecule has 1 fully saturated rings. The minimum absolute atomic E-state index is 0.207. The molecule has 1 atom stereocenters. The first kappa shape index (κ1) is 12.5. The molecule has 0 radical (unpaired) electrons. The number of hydrogen-bond acceptors (Lipinski definition) is 4. The number of nitrogens with zero attached hydrogens (tertiary/aromatic N) is 1. The Morgan fingerprint density at radius 2 is 2.17 bits per heavy atom. The van der Waals surface area contributed by atoms with Gasteiger partial charge in [0, 0.05) is 12.6 Å². The highest BCUT2D eigenvalue weighted by molar-refractivity contribution is 6.01. The second kappa shape index (κ2) is 5.16. The first-order valence-electron chi connectivity index (χ1n) is 6.12. The lowest BCUT2D eigenvalue weighted by Crippen LogP contribution is -2.47. The maximum Gasteiger partial charge on any atom is 0.249 e. The summed E-state index contributed by atoms with van der Waals surface area (Å²) in [5.41, 5.74) is 1.16. The number of rotatable bonds is 3. The molecule has 5 nitrogen and oxygen atoms in total. The van der Waals surface area contributed by atoms with Gasteiger partial charge < -0.3 is 5.32 Å². The number of anilines is 1. The molecule has 1 aromatic rings. The molecule has 18 heavy (non-hydrogen) atoms. The van der Waals surface area contributed by atoms with Crippen molar-refractivity contribution in [2.75, 3.05) is 5.32 Å². The molecule has 0 spiro atoms. The third-order valence-corrected chi connectivity index (χ3v) is 3.01. The van der Waals surface area contributed by atoms with Gasteiger partial charge in [-0.05, 0) is 24.0 Å². The number of hydrogen-bond donors (Lipinski definition) is 2. The lowest BCUT2D eigenvalue weighted by molar-refractivity contribution is -0.133. The molecule has 1 unspecified atom stereocenters. The average Bonchev–Trinajstić information content (AvgIpc) is 2.33. The number of imide groups is 1. The van der Waals surface area contributed by atoms with Gasteiger partial charge in [0.25, 0.3) is 0 Å². The first-order valence-corrected chi connectivity index (χ1v) is 6.12. The summed E-state index contributed by atoms with van der Waals surface area (Å²) in [6.45, 7) is 4.20. The maximum absolute atomic E-state index is 11.6. The van der Waals surface area contributed by atoms with Crippen LogP contribution in [0.1, 0.15) is 38.2 Å². The minimum atomic E-state index is -0.375. The monoisotopic (exact) mass is 247 g/mol. The van der Waals surface area contributed by atoms with Crippen LogP contribution in [-0.4, -0.2) is 22.8 Å². The van der Waals surface area contributed by atoms with Crippen molar-refractivity contribution in [2.24, 2.45) is 0 Å². The summed E-state index contributed by atoms with van der Waals surface area (Å²) in [6.07, 6.45) is 2.69. The van der Waals surface area contributed by atoms with Gasteiger partial charge in [0.15, 0.2) is 0 Å². The van der Waals surface area contributed by atoms with Gasteiger partial charge in [-0.1, -0.05) is 19.9 Å². The fraction of sp³-hybridized carbons (Fsp3) is 0.462. The predicted octanol–water partition coefficient (Wildman–Crippen LogP) is 1.42. The van der Waals surface area contributed by atoms with E-state index in [9.17, 15) is 9.59 Å². The van der Waals surface area contributed by atoms with E-state index < -0.39 is 0 Å². The highest BCUT2D eigenvalue weighted by Gasteiger charge is 2.26. The molecule has 2 N–H and O–H groups in total. The van der Waals surface area contributed by atoms with E-state index in [1.807, 2.05) is 12.1 Å². The molecular weight excluding hydrogens is 230 g/mol. The van der Waals surface area contributed by atoms with Gasteiger partial charge in [-0.2, -0.15) is 0 Å². The third-order valence-electron chi connectivity index (χ3n) is 3.01. The Hall–Kier alpha value is -1.91. The molecule has 1 aliphatic heterocycles. The van der Waals surface area contributed by atoms with E-state index in [2.05, 4.69) is 29.5 Å². The summed E-state index contributed by atoms with van der Waals surface area (Å²) in [7, 11) is 0. The second-order valence-corrected chi connectivity index (χ2v) is 4.78.